The molecule has 4 rings (SSSR count). The predicted molar refractivity (Wildman–Crippen MR) is 107 cm³/mol. The minimum atomic E-state index is 0.139. The number of rotatable bonds is 6. The summed E-state index contributed by atoms with van der Waals surface area (Å²) in [4.78, 5) is 8.83. The molecule has 0 unspecified atom stereocenters. The molecule has 146 valence electrons. The van der Waals surface area contributed by atoms with E-state index in [4.69, 9.17) is 5.11 Å². The van der Waals surface area contributed by atoms with Gasteiger partial charge in [-0.25, -0.2) is 9.97 Å². The molecule has 0 spiro atoms. The Morgan fingerprint density at radius 1 is 1.11 bits per heavy atom. The van der Waals surface area contributed by atoms with Crippen molar-refractivity contribution in [2.75, 3.05) is 11.9 Å². The Morgan fingerprint density at radius 3 is 2.71 bits per heavy atom. The van der Waals surface area contributed by atoms with Crippen molar-refractivity contribution in [1.29, 1.82) is 0 Å². The Balaban J connectivity index is 0.00000109. The van der Waals surface area contributed by atoms with Gasteiger partial charge in [0.1, 0.15) is 11.6 Å². The second-order valence-corrected chi connectivity index (χ2v) is 5.82. The number of nitrogens with one attached hydrogen (secondary N) is 1. The molecule has 4 aromatic rings. The van der Waals surface area contributed by atoms with E-state index in [2.05, 4.69) is 30.6 Å². The van der Waals surface area contributed by atoms with Crippen molar-refractivity contribution < 1.29 is 5.11 Å². The number of aliphatic hydroxyl groups is 1. The number of anilines is 2. The first-order valence-electron chi connectivity index (χ1n) is 9.27. The molecule has 0 aliphatic carbocycles. The van der Waals surface area contributed by atoms with Gasteiger partial charge in [0.05, 0.1) is 11.9 Å². The Morgan fingerprint density at radius 2 is 1.96 bits per heavy atom. The van der Waals surface area contributed by atoms with E-state index in [-0.39, 0.29) is 6.61 Å². The highest BCUT2D eigenvalue weighted by Crippen LogP contribution is 2.21. The summed E-state index contributed by atoms with van der Waals surface area (Å²) in [5, 5.41) is 24.7. The highest BCUT2D eigenvalue weighted by Gasteiger charge is 2.09. The number of fused-ring (bicyclic) bond motifs is 1. The minimum absolute atomic E-state index is 0.139. The topological polar surface area (TPSA) is 106 Å². The van der Waals surface area contributed by atoms with Crippen LogP contribution in [0.1, 0.15) is 26.1 Å². The molecule has 2 N–H and O–H groups in total. The van der Waals surface area contributed by atoms with Gasteiger partial charge >= 0.3 is 0 Å². The van der Waals surface area contributed by atoms with Crippen LogP contribution in [0.2, 0.25) is 0 Å². The second-order valence-electron chi connectivity index (χ2n) is 5.82. The first-order valence-corrected chi connectivity index (χ1v) is 9.27. The first-order chi connectivity index (χ1) is 13.7. The van der Waals surface area contributed by atoms with E-state index >= 15 is 0 Å². The van der Waals surface area contributed by atoms with Crippen LogP contribution in [-0.4, -0.2) is 46.1 Å². The van der Waals surface area contributed by atoms with Crippen LogP contribution in [0, 0.1) is 0 Å². The molecule has 0 fully saturated rings. The Hall–Kier alpha value is -3.33. The lowest BCUT2D eigenvalue weighted by Crippen LogP contribution is -2.03. The maximum Gasteiger partial charge on any atom is 0.228 e. The zero-order valence-electron chi connectivity index (χ0n) is 16.2. The zero-order valence-corrected chi connectivity index (χ0v) is 16.2. The van der Waals surface area contributed by atoms with E-state index in [0.29, 0.717) is 18.8 Å². The van der Waals surface area contributed by atoms with Gasteiger partial charge in [-0.1, -0.05) is 13.8 Å². The van der Waals surface area contributed by atoms with Crippen molar-refractivity contribution in [3.05, 3.63) is 48.7 Å². The molecule has 0 aliphatic heterocycles. The second kappa shape index (κ2) is 9.05. The molecule has 0 aliphatic rings. The van der Waals surface area contributed by atoms with Gasteiger partial charge in [0.15, 0.2) is 5.65 Å². The van der Waals surface area contributed by atoms with Crippen LogP contribution in [0.4, 0.5) is 11.8 Å². The fourth-order valence-corrected chi connectivity index (χ4v) is 2.70. The molecular weight excluding hydrogens is 356 g/mol. The summed E-state index contributed by atoms with van der Waals surface area (Å²) in [6.45, 7) is 4.14. The normalized spacial score (nSPS) is 10.6. The van der Waals surface area contributed by atoms with Crippen molar-refractivity contribution in [2.45, 2.75) is 26.7 Å². The Labute approximate surface area is 163 Å². The third-order valence-corrected chi connectivity index (χ3v) is 4.05. The van der Waals surface area contributed by atoms with Crippen LogP contribution < -0.4 is 5.32 Å². The number of nitrogens with zero attached hydrogens (tertiary/aromatic N) is 7. The van der Waals surface area contributed by atoms with Gasteiger partial charge in [-0.3, -0.25) is 9.08 Å². The molecule has 9 heteroatoms. The van der Waals surface area contributed by atoms with Crippen LogP contribution in [0.5, 0.6) is 0 Å². The molecule has 4 aromatic heterocycles. The highest BCUT2D eigenvalue weighted by molar-refractivity contribution is 5.65. The average Bonchev–Trinajstić information content (AvgIpc) is 3.33. The summed E-state index contributed by atoms with van der Waals surface area (Å²) in [5.74, 6) is 2.14. The SMILES string of the molecule is CC.Cn1nccc1Nc1nccc(-c2ccn3c(CCCO)nnc3c2)n1. The van der Waals surface area contributed by atoms with Crippen LogP contribution in [-0.2, 0) is 13.5 Å². The average molecular weight is 380 g/mol. The summed E-state index contributed by atoms with van der Waals surface area (Å²) < 4.78 is 3.64. The third-order valence-electron chi connectivity index (χ3n) is 4.05. The van der Waals surface area contributed by atoms with E-state index in [1.165, 1.54) is 0 Å². The number of aryl methyl sites for hydroxylation is 2. The lowest BCUT2D eigenvalue weighted by Gasteiger charge is -2.07. The molecule has 0 amide bonds. The zero-order chi connectivity index (χ0) is 19.9. The van der Waals surface area contributed by atoms with Crippen LogP contribution in [0.15, 0.2) is 42.9 Å². The molecule has 0 saturated carbocycles. The molecule has 9 nitrogen and oxygen atoms in total. The summed E-state index contributed by atoms with van der Waals surface area (Å²) >= 11 is 0. The van der Waals surface area contributed by atoms with Crippen LogP contribution >= 0.6 is 0 Å². The first kappa shape index (κ1) is 19.4. The van der Waals surface area contributed by atoms with Gasteiger partial charge in [-0.05, 0) is 24.6 Å². The van der Waals surface area contributed by atoms with Gasteiger partial charge in [0.2, 0.25) is 5.95 Å². The van der Waals surface area contributed by atoms with Crippen molar-refractivity contribution in [3.8, 4) is 11.3 Å². The maximum absolute atomic E-state index is 8.98. The smallest absolute Gasteiger partial charge is 0.228 e. The third kappa shape index (κ3) is 4.15. The Bertz CT molecular complexity index is 1040. The van der Waals surface area contributed by atoms with Crippen molar-refractivity contribution >= 4 is 17.4 Å². The molecule has 0 radical (unpaired) electrons. The number of pyridine rings is 1. The van der Waals surface area contributed by atoms with Gasteiger partial charge in [0, 0.05) is 44.1 Å². The molecule has 0 saturated heterocycles. The number of aromatic nitrogens is 7. The van der Waals surface area contributed by atoms with Crippen molar-refractivity contribution in [2.24, 2.45) is 7.05 Å². The van der Waals surface area contributed by atoms with E-state index in [9.17, 15) is 0 Å². The molecular formula is C19H24N8O. The molecule has 0 bridgehead atoms. The van der Waals surface area contributed by atoms with Gasteiger partial charge < -0.3 is 10.4 Å². The minimum Gasteiger partial charge on any atom is -0.396 e. The lowest BCUT2D eigenvalue weighted by molar-refractivity contribution is 0.287. The van der Waals surface area contributed by atoms with Crippen molar-refractivity contribution in [3.63, 3.8) is 0 Å². The fourth-order valence-electron chi connectivity index (χ4n) is 2.70. The quantitative estimate of drug-likeness (QED) is 0.529. The molecule has 0 aromatic carbocycles. The monoisotopic (exact) mass is 380 g/mol. The molecule has 0 atom stereocenters. The molecule has 28 heavy (non-hydrogen) atoms. The van der Waals surface area contributed by atoms with Crippen LogP contribution in [0.25, 0.3) is 16.9 Å². The summed E-state index contributed by atoms with van der Waals surface area (Å²) in [6, 6.07) is 7.61. The van der Waals surface area contributed by atoms with Gasteiger partial charge in [-0.15, -0.1) is 10.2 Å². The standard InChI is InChI=1S/C17H18N8O.C2H6/c1-24-14(5-8-19-24)21-17-18-7-4-13(20-17)12-6-9-25-15(3-2-10-26)22-23-16(25)11-12;1-2/h4-9,11,26H,2-3,10H2,1H3,(H,18,20,21);1-2H3. The summed E-state index contributed by atoms with van der Waals surface area (Å²) in [6.07, 6.45) is 6.69. The van der Waals surface area contributed by atoms with E-state index < -0.39 is 0 Å². The van der Waals surface area contributed by atoms with Crippen molar-refractivity contribution in [1.82, 2.24) is 34.3 Å². The summed E-state index contributed by atoms with van der Waals surface area (Å²) in [5.41, 5.74) is 2.45. The van der Waals surface area contributed by atoms with Gasteiger partial charge in [-0.2, -0.15) is 5.10 Å². The lowest BCUT2D eigenvalue weighted by atomic mass is 10.2. The predicted octanol–water partition coefficient (Wildman–Crippen LogP) is 2.61. The number of hydrogen-bond acceptors (Lipinski definition) is 7. The van der Waals surface area contributed by atoms with Crippen LogP contribution in [0.3, 0.4) is 0 Å². The van der Waals surface area contributed by atoms with Gasteiger partial charge in [0.25, 0.3) is 0 Å². The van der Waals surface area contributed by atoms with E-state index in [0.717, 1.165) is 28.5 Å². The van der Waals surface area contributed by atoms with E-state index in [1.54, 1.807) is 17.1 Å². The highest BCUT2D eigenvalue weighted by atomic mass is 16.2. The number of hydrogen-bond donors (Lipinski definition) is 2. The van der Waals surface area contributed by atoms with E-state index in [1.807, 2.05) is 55.8 Å². The maximum atomic E-state index is 8.98. The summed E-state index contributed by atoms with van der Waals surface area (Å²) in [7, 11) is 1.85. The largest absolute Gasteiger partial charge is 0.396 e. The number of aliphatic hydroxyl groups excluding tert-OH is 1. The Kier molecular flexibility index (Phi) is 6.28. The fraction of sp³-hybridized carbons (Fsp3) is 0.316. The molecule has 4 heterocycles.